The molecule has 0 bridgehead atoms. The number of carbonyl (C=O) groups is 2. The summed E-state index contributed by atoms with van der Waals surface area (Å²) in [5.41, 5.74) is 0.905. The van der Waals surface area contributed by atoms with Crippen LogP contribution < -0.4 is 20.7 Å². The molecule has 0 aliphatic carbocycles. The Labute approximate surface area is 147 Å². The fraction of sp³-hybridized carbons (Fsp3) is 0.500. The van der Waals surface area contributed by atoms with Gasteiger partial charge >= 0.3 is 6.03 Å². The van der Waals surface area contributed by atoms with Crippen molar-refractivity contribution in [2.75, 3.05) is 18.6 Å². The van der Waals surface area contributed by atoms with Gasteiger partial charge in [0.1, 0.15) is 11.8 Å². The molecule has 1 aliphatic rings. The fourth-order valence-electron chi connectivity index (χ4n) is 2.48. The number of benzene rings is 1. The van der Waals surface area contributed by atoms with Crippen LogP contribution in [-0.2, 0) is 21.2 Å². The number of nitrogens with one attached hydrogen (secondary N) is 3. The second-order valence-corrected chi connectivity index (χ2v) is 8.23. The van der Waals surface area contributed by atoms with Gasteiger partial charge in [0, 0.05) is 12.6 Å². The fourth-order valence-corrected chi connectivity index (χ4v) is 4.16. The third kappa shape index (κ3) is 5.93. The third-order valence-electron chi connectivity index (χ3n) is 3.93. The molecule has 0 radical (unpaired) electrons. The molecule has 1 fully saturated rings. The average Bonchev–Trinajstić information content (AvgIpc) is 2.91. The maximum Gasteiger partial charge on any atom is 0.315 e. The molecule has 3 amide bonds. The molecule has 3 N–H and O–H groups in total. The summed E-state index contributed by atoms with van der Waals surface area (Å²) in [6, 6.07) is 5.58. The van der Waals surface area contributed by atoms with Crippen molar-refractivity contribution in [2.24, 2.45) is 0 Å². The topological polar surface area (TPSA) is 114 Å². The zero-order chi connectivity index (χ0) is 18.4. The van der Waals surface area contributed by atoms with Gasteiger partial charge in [0.2, 0.25) is 5.91 Å². The van der Waals surface area contributed by atoms with Gasteiger partial charge in [-0.1, -0.05) is 12.1 Å². The Kier molecular flexibility index (Phi) is 6.24. The highest BCUT2D eigenvalue weighted by atomic mass is 32.2. The van der Waals surface area contributed by atoms with E-state index in [1.807, 2.05) is 12.1 Å². The van der Waals surface area contributed by atoms with Crippen molar-refractivity contribution in [3.8, 4) is 5.75 Å². The van der Waals surface area contributed by atoms with Crippen molar-refractivity contribution in [3.05, 3.63) is 29.8 Å². The van der Waals surface area contributed by atoms with E-state index in [9.17, 15) is 18.0 Å². The van der Waals surface area contributed by atoms with Crippen LogP contribution in [0, 0.1) is 0 Å². The summed E-state index contributed by atoms with van der Waals surface area (Å²) in [6.45, 7) is 1.89. The molecule has 9 heteroatoms. The van der Waals surface area contributed by atoms with E-state index in [0.717, 1.165) is 11.3 Å². The lowest BCUT2D eigenvalue weighted by Crippen LogP contribution is -2.50. The SMILES string of the molecule is COc1ccc(CNC(=O)[C@H](C)NC(=O)NC2CCS(=O)(=O)C2)cc1. The van der Waals surface area contributed by atoms with E-state index >= 15 is 0 Å². The van der Waals surface area contributed by atoms with Gasteiger partial charge in [-0.2, -0.15) is 0 Å². The lowest BCUT2D eigenvalue weighted by Gasteiger charge is -2.17. The first kappa shape index (κ1) is 19.0. The Morgan fingerprint density at radius 2 is 1.96 bits per heavy atom. The van der Waals surface area contributed by atoms with E-state index < -0.39 is 28.0 Å². The van der Waals surface area contributed by atoms with Gasteiger partial charge in [-0.15, -0.1) is 0 Å². The van der Waals surface area contributed by atoms with Crippen LogP contribution in [0.2, 0.25) is 0 Å². The first-order valence-corrected chi connectivity index (χ1v) is 9.79. The van der Waals surface area contributed by atoms with E-state index in [-0.39, 0.29) is 17.4 Å². The molecular formula is C16H23N3O5S. The molecule has 0 aromatic heterocycles. The predicted molar refractivity (Wildman–Crippen MR) is 93.0 cm³/mol. The van der Waals surface area contributed by atoms with Gasteiger partial charge in [0.05, 0.1) is 18.6 Å². The number of ether oxygens (including phenoxy) is 1. The summed E-state index contributed by atoms with van der Waals surface area (Å²) in [7, 11) is -1.48. The van der Waals surface area contributed by atoms with Crippen LogP contribution in [0.1, 0.15) is 18.9 Å². The molecule has 1 aromatic carbocycles. The molecule has 1 aromatic rings. The summed E-state index contributed by atoms with van der Waals surface area (Å²) in [5.74, 6) is 0.426. The average molecular weight is 369 g/mol. The van der Waals surface area contributed by atoms with E-state index in [1.165, 1.54) is 0 Å². The number of amides is 3. The highest BCUT2D eigenvalue weighted by Gasteiger charge is 2.29. The Bertz CT molecular complexity index is 718. The Balaban J connectivity index is 1.74. The number of sulfone groups is 1. The van der Waals surface area contributed by atoms with E-state index in [0.29, 0.717) is 13.0 Å². The van der Waals surface area contributed by atoms with Crippen LogP contribution in [0.5, 0.6) is 5.75 Å². The number of hydrogen-bond donors (Lipinski definition) is 3. The molecular weight excluding hydrogens is 346 g/mol. The van der Waals surface area contributed by atoms with E-state index in [2.05, 4.69) is 16.0 Å². The van der Waals surface area contributed by atoms with Crippen LogP contribution in [0.4, 0.5) is 4.79 Å². The van der Waals surface area contributed by atoms with Crippen LogP contribution in [-0.4, -0.2) is 51.1 Å². The number of carbonyl (C=O) groups excluding carboxylic acids is 2. The lowest BCUT2D eigenvalue weighted by atomic mass is 10.2. The second-order valence-electron chi connectivity index (χ2n) is 6.01. The first-order chi connectivity index (χ1) is 11.8. The normalized spacial score (nSPS) is 19.7. The predicted octanol–water partition coefficient (Wildman–Crippen LogP) is 0.186. The van der Waals surface area contributed by atoms with Crippen molar-refractivity contribution in [1.29, 1.82) is 0 Å². The van der Waals surface area contributed by atoms with Crippen molar-refractivity contribution in [3.63, 3.8) is 0 Å². The van der Waals surface area contributed by atoms with Crippen molar-refractivity contribution < 1.29 is 22.7 Å². The molecule has 1 heterocycles. The number of urea groups is 1. The molecule has 1 aliphatic heterocycles. The van der Waals surface area contributed by atoms with Gasteiger partial charge in [-0.25, -0.2) is 13.2 Å². The smallest absolute Gasteiger partial charge is 0.315 e. The third-order valence-corrected chi connectivity index (χ3v) is 5.70. The van der Waals surface area contributed by atoms with E-state index in [1.54, 1.807) is 26.2 Å². The highest BCUT2D eigenvalue weighted by Crippen LogP contribution is 2.11. The maximum atomic E-state index is 12.0. The lowest BCUT2D eigenvalue weighted by molar-refractivity contribution is -0.122. The second kappa shape index (κ2) is 8.19. The largest absolute Gasteiger partial charge is 0.497 e. The number of rotatable bonds is 6. The van der Waals surface area contributed by atoms with Crippen LogP contribution in [0.3, 0.4) is 0 Å². The Morgan fingerprint density at radius 1 is 1.28 bits per heavy atom. The summed E-state index contributed by atoms with van der Waals surface area (Å²) >= 11 is 0. The molecule has 0 saturated carbocycles. The number of hydrogen-bond acceptors (Lipinski definition) is 5. The number of methoxy groups -OCH3 is 1. The van der Waals surface area contributed by atoms with Crippen molar-refractivity contribution in [1.82, 2.24) is 16.0 Å². The quantitative estimate of drug-likeness (QED) is 0.662. The molecule has 8 nitrogen and oxygen atoms in total. The summed E-state index contributed by atoms with van der Waals surface area (Å²) in [5, 5.41) is 7.83. The molecule has 25 heavy (non-hydrogen) atoms. The van der Waals surface area contributed by atoms with Gasteiger partial charge < -0.3 is 20.7 Å². The van der Waals surface area contributed by atoms with Crippen LogP contribution in [0.15, 0.2) is 24.3 Å². The molecule has 1 saturated heterocycles. The molecule has 0 spiro atoms. The maximum absolute atomic E-state index is 12.0. The zero-order valence-corrected chi connectivity index (χ0v) is 15.1. The summed E-state index contributed by atoms with van der Waals surface area (Å²) < 4.78 is 27.8. The Morgan fingerprint density at radius 3 is 2.52 bits per heavy atom. The van der Waals surface area contributed by atoms with Crippen molar-refractivity contribution >= 4 is 21.8 Å². The summed E-state index contributed by atoms with van der Waals surface area (Å²) in [4.78, 5) is 23.9. The zero-order valence-electron chi connectivity index (χ0n) is 14.2. The standard InChI is InChI=1S/C16H23N3O5S/c1-11(18-16(21)19-13-7-8-25(22,23)10-13)15(20)17-9-12-3-5-14(24-2)6-4-12/h3-6,11,13H,7-10H2,1-2H3,(H,17,20)(H2,18,19,21)/t11-,13?/m0/s1. The van der Waals surface area contributed by atoms with Crippen LogP contribution >= 0.6 is 0 Å². The monoisotopic (exact) mass is 369 g/mol. The first-order valence-electron chi connectivity index (χ1n) is 7.97. The van der Waals surface area contributed by atoms with Gasteiger partial charge in [0.15, 0.2) is 9.84 Å². The highest BCUT2D eigenvalue weighted by molar-refractivity contribution is 7.91. The summed E-state index contributed by atoms with van der Waals surface area (Å²) in [6.07, 6.45) is 0.397. The Hall–Kier alpha value is -2.29. The minimum atomic E-state index is -3.06. The minimum absolute atomic E-state index is 0.0571. The van der Waals surface area contributed by atoms with Crippen molar-refractivity contribution in [2.45, 2.75) is 32.0 Å². The minimum Gasteiger partial charge on any atom is -0.497 e. The van der Waals surface area contributed by atoms with Gasteiger partial charge in [-0.3, -0.25) is 4.79 Å². The van der Waals surface area contributed by atoms with E-state index in [4.69, 9.17) is 4.74 Å². The molecule has 1 unspecified atom stereocenters. The molecule has 2 rings (SSSR count). The van der Waals surface area contributed by atoms with Gasteiger partial charge in [-0.05, 0) is 31.0 Å². The molecule has 138 valence electrons. The van der Waals surface area contributed by atoms with Crippen LogP contribution in [0.25, 0.3) is 0 Å². The molecule has 2 atom stereocenters. The van der Waals surface area contributed by atoms with Gasteiger partial charge in [0.25, 0.3) is 0 Å².